The van der Waals surface area contributed by atoms with Crippen molar-refractivity contribution in [2.24, 2.45) is 4.99 Å². The smallest absolute Gasteiger partial charge is 0.221 e. The summed E-state index contributed by atoms with van der Waals surface area (Å²) in [7, 11) is 1.79. The molecule has 2 unspecified atom stereocenters. The van der Waals surface area contributed by atoms with E-state index in [0.29, 0.717) is 31.1 Å². The van der Waals surface area contributed by atoms with E-state index < -0.39 is 0 Å². The summed E-state index contributed by atoms with van der Waals surface area (Å²) in [5.41, 5.74) is 1.35. The summed E-state index contributed by atoms with van der Waals surface area (Å²) >= 11 is 0. The van der Waals surface area contributed by atoms with Gasteiger partial charge in [0.15, 0.2) is 5.96 Å². The van der Waals surface area contributed by atoms with E-state index in [1.54, 1.807) is 7.05 Å². The summed E-state index contributed by atoms with van der Waals surface area (Å²) in [4.78, 5) is 18.9. The highest BCUT2D eigenvalue weighted by molar-refractivity contribution is 5.81. The molecule has 2 atom stereocenters. The van der Waals surface area contributed by atoms with Gasteiger partial charge in [-0.2, -0.15) is 0 Å². The van der Waals surface area contributed by atoms with E-state index in [1.807, 2.05) is 0 Å². The maximum atomic E-state index is 12.1. The van der Waals surface area contributed by atoms with Gasteiger partial charge in [0.25, 0.3) is 0 Å². The van der Waals surface area contributed by atoms with Crippen LogP contribution in [0, 0.1) is 0 Å². The molecule has 2 aliphatic rings. The summed E-state index contributed by atoms with van der Waals surface area (Å²) in [6.07, 6.45) is 6.30. The summed E-state index contributed by atoms with van der Waals surface area (Å²) in [5.74, 6) is 0.922. The first-order valence-electron chi connectivity index (χ1n) is 10.7. The Morgan fingerprint density at radius 3 is 2.61 bits per heavy atom. The third-order valence-corrected chi connectivity index (χ3v) is 5.86. The number of amides is 1. The quantitative estimate of drug-likeness (QED) is 0.497. The molecular formula is C22H35N5O. The lowest BCUT2D eigenvalue weighted by Gasteiger charge is -2.21. The fourth-order valence-electron chi connectivity index (χ4n) is 4.29. The number of carbonyl (C=O) groups is 1. The molecule has 3 rings (SSSR count). The number of carbonyl (C=O) groups excluding carboxylic acids is 1. The Labute approximate surface area is 169 Å². The molecule has 0 spiro atoms. The molecule has 1 amide bonds. The van der Waals surface area contributed by atoms with Gasteiger partial charge in [-0.25, -0.2) is 0 Å². The van der Waals surface area contributed by atoms with Gasteiger partial charge < -0.3 is 16.0 Å². The second kappa shape index (κ2) is 10.5. The van der Waals surface area contributed by atoms with Crippen LogP contribution in [0.2, 0.25) is 0 Å². The Bertz CT molecular complexity index is 642. The highest BCUT2D eigenvalue weighted by atomic mass is 16.1. The molecule has 0 radical (unpaired) electrons. The molecule has 2 fully saturated rings. The number of rotatable bonds is 7. The van der Waals surface area contributed by atoms with Crippen molar-refractivity contribution in [2.75, 3.05) is 20.1 Å². The van der Waals surface area contributed by atoms with E-state index in [-0.39, 0.29) is 5.91 Å². The number of hydrogen-bond acceptors (Lipinski definition) is 3. The molecule has 154 valence electrons. The molecule has 1 aliphatic carbocycles. The number of nitrogens with zero attached hydrogens (tertiary/aromatic N) is 2. The average Bonchev–Trinajstić information content (AvgIpc) is 3.31. The van der Waals surface area contributed by atoms with Crippen LogP contribution in [0.25, 0.3) is 0 Å². The lowest BCUT2D eigenvalue weighted by Crippen LogP contribution is -2.45. The third-order valence-electron chi connectivity index (χ3n) is 5.86. The largest absolute Gasteiger partial charge is 0.356 e. The zero-order chi connectivity index (χ0) is 19.8. The van der Waals surface area contributed by atoms with E-state index in [0.717, 1.165) is 38.3 Å². The van der Waals surface area contributed by atoms with Crippen molar-refractivity contribution in [2.45, 2.75) is 70.1 Å². The fourth-order valence-corrected chi connectivity index (χ4v) is 4.29. The molecule has 1 heterocycles. The number of guanidine groups is 1. The van der Waals surface area contributed by atoms with Crippen molar-refractivity contribution >= 4 is 11.9 Å². The van der Waals surface area contributed by atoms with E-state index in [4.69, 9.17) is 0 Å². The van der Waals surface area contributed by atoms with Crippen LogP contribution in [-0.2, 0) is 11.3 Å². The van der Waals surface area contributed by atoms with Crippen molar-refractivity contribution in [3.8, 4) is 0 Å². The molecule has 6 nitrogen and oxygen atoms in total. The van der Waals surface area contributed by atoms with E-state index in [2.05, 4.69) is 63.1 Å². The Morgan fingerprint density at radius 2 is 1.89 bits per heavy atom. The number of nitrogens with one attached hydrogen (secondary N) is 3. The second-order valence-corrected chi connectivity index (χ2v) is 8.14. The third kappa shape index (κ3) is 6.23. The van der Waals surface area contributed by atoms with Crippen molar-refractivity contribution in [1.82, 2.24) is 20.9 Å². The van der Waals surface area contributed by atoms with Crippen molar-refractivity contribution in [3.05, 3.63) is 35.9 Å². The van der Waals surface area contributed by atoms with E-state index >= 15 is 0 Å². The van der Waals surface area contributed by atoms with Crippen LogP contribution in [0.4, 0.5) is 0 Å². The minimum atomic E-state index is 0.137. The van der Waals surface area contributed by atoms with Crippen LogP contribution in [0.1, 0.15) is 51.0 Å². The van der Waals surface area contributed by atoms with Gasteiger partial charge in [0.1, 0.15) is 0 Å². The summed E-state index contributed by atoms with van der Waals surface area (Å²) in [5, 5.41) is 9.95. The normalized spacial score (nSPS) is 23.7. The van der Waals surface area contributed by atoms with Crippen LogP contribution in [0.15, 0.2) is 35.3 Å². The monoisotopic (exact) mass is 385 g/mol. The Hall–Kier alpha value is -2.08. The molecule has 6 heteroatoms. The predicted molar refractivity (Wildman–Crippen MR) is 114 cm³/mol. The van der Waals surface area contributed by atoms with Gasteiger partial charge in [-0.15, -0.1) is 0 Å². The average molecular weight is 386 g/mol. The first kappa shape index (κ1) is 20.6. The zero-order valence-electron chi connectivity index (χ0n) is 17.3. The van der Waals surface area contributed by atoms with Gasteiger partial charge in [-0.3, -0.25) is 14.7 Å². The second-order valence-electron chi connectivity index (χ2n) is 8.14. The summed E-state index contributed by atoms with van der Waals surface area (Å²) in [6.45, 7) is 4.87. The van der Waals surface area contributed by atoms with Gasteiger partial charge in [0.2, 0.25) is 5.91 Å². The molecule has 1 aromatic carbocycles. The molecule has 1 saturated heterocycles. The number of likely N-dealkylation sites (tertiary alicyclic amines) is 1. The van der Waals surface area contributed by atoms with Crippen molar-refractivity contribution in [3.63, 3.8) is 0 Å². The minimum absolute atomic E-state index is 0.137. The van der Waals surface area contributed by atoms with Gasteiger partial charge in [0.05, 0.1) is 0 Å². The molecule has 1 aliphatic heterocycles. The van der Waals surface area contributed by atoms with Crippen molar-refractivity contribution < 1.29 is 4.79 Å². The van der Waals surface area contributed by atoms with Crippen molar-refractivity contribution in [1.29, 1.82) is 0 Å². The molecular weight excluding hydrogens is 350 g/mol. The molecule has 0 aromatic heterocycles. The maximum absolute atomic E-state index is 12.1. The van der Waals surface area contributed by atoms with Crippen LogP contribution in [0.5, 0.6) is 0 Å². The maximum Gasteiger partial charge on any atom is 0.221 e. The summed E-state index contributed by atoms with van der Waals surface area (Å²) in [6, 6.07) is 11.9. The van der Waals surface area contributed by atoms with E-state index in [9.17, 15) is 4.79 Å². The molecule has 1 saturated carbocycles. The van der Waals surface area contributed by atoms with Gasteiger partial charge in [0, 0.05) is 51.2 Å². The van der Waals surface area contributed by atoms with Gasteiger partial charge in [-0.05, 0) is 31.7 Å². The highest BCUT2D eigenvalue weighted by Gasteiger charge is 2.29. The van der Waals surface area contributed by atoms with E-state index in [1.165, 1.54) is 18.4 Å². The number of benzene rings is 1. The topological polar surface area (TPSA) is 68.8 Å². The molecule has 1 aromatic rings. The van der Waals surface area contributed by atoms with Crippen LogP contribution >= 0.6 is 0 Å². The van der Waals surface area contributed by atoms with Crippen LogP contribution in [0.3, 0.4) is 0 Å². The lowest BCUT2D eigenvalue weighted by molar-refractivity contribution is -0.121. The molecule has 3 N–H and O–H groups in total. The lowest BCUT2D eigenvalue weighted by atomic mass is 10.2. The Morgan fingerprint density at radius 1 is 1.14 bits per heavy atom. The Balaban J connectivity index is 1.37. The SMILES string of the molecule is CN=C(NCCC(=O)NC1CCCC1)NC1CC(C)N(Cc2ccccc2)C1. The van der Waals surface area contributed by atoms with Gasteiger partial charge in [-0.1, -0.05) is 43.2 Å². The minimum Gasteiger partial charge on any atom is -0.356 e. The predicted octanol–water partition coefficient (Wildman–Crippen LogP) is 2.26. The Kier molecular flexibility index (Phi) is 7.71. The summed E-state index contributed by atoms with van der Waals surface area (Å²) < 4.78 is 0. The van der Waals surface area contributed by atoms with Crippen LogP contribution < -0.4 is 16.0 Å². The molecule has 0 bridgehead atoms. The fraction of sp³-hybridized carbons (Fsp3) is 0.636. The first-order chi connectivity index (χ1) is 13.6. The standard InChI is InChI=1S/C22H35N5O/c1-17-14-20(16-27(17)15-18-8-4-3-5-9-18)26-22(23-2)24-13-12-21(28)25-19-10-6-7-11-19/h3-5,8-9,17,19-20H,6-7,10-16H2,1-2H3,(H,25,28)(H2,23,24,26). The van der Waals surface area contributed by atoms with Gasteiger partial charge >= 0.3 is 0 Å². The zero-order valence-corrected chi connectivity index (χ0v) is 17.3. The number of hydrogen-bond donors (Lipinski definition) is 3. The first-order valence-corrected chi connectivity index (χ1v) is 10.7. The van der Waals surface area contributed by atoms with Crippen LogP contribution in [-0.4, -0.2) is 55.0 Å². The highest BCUT2D eigenvalue weighted by Crippen LogP contribution is 2.20. The molecule has 28 heavy (non-hydrogen) atoms. The number of aliphatic imine (C=N–C) groups is 1.